The predicted octanol–water partition coefficient (Wildman–Crippen LogP) is 1.15. The van der Waals surface area contributed by atoms with E-state index in [0.717, 1.165) is 0 Å². The molecule has 0 saturated heterocycles. The molecule has 1 N–H and O–H groups in total. The van der Waals surface area contributed by atoms with E-state index in [2.05, 4.69) is 24.5 Å². The molecule has 0 aliphatic heterocycles. The Balaban J connectivity index is 3.09. The highest BCUT2D eigenvalue weighted by Crippen LogP contribution is 2.06. The zero-order chi connectivity index (χ0) is 7.11. The highest BCUT2D eigenvalue weighted by molar-refractivity contribution is 8.24. The topological polar surface area (TPSA) is 12.0 Å². The van der Waals surface area contributed by atoms with Gasteiger partial charge in [-0.05, 0) is 31.4 Å². The summed E-state index contributed by atoms with van der Waals surface area (Å²) in [5, 5.41) is 0. The van der Waals surface area contributed by atoms with Crippen molar-refractivity contribution in [1.82, 2.24) is 4.98 Å². The monoisotopic (exact) mass is 181 g/mol. The summed E-state index contributed by atoms with van der Waals surface area (Å²) < 4.78 is 0. The Bertz CT molecular complexity index is 58.9. The third-order valence-electron chi connectivity index (χ3n) is 1.19. The molecule has 0 radical (unpaired) electrons. The maximum atomic E-state index is 3.38. The molecule has 0 aromatic heterocycles. The molecule has 0 aliphatic rings. The van der Waals surface area contributed by atoms with Crippen LogP contribution in [0.4, 0.5) is 0 Å². The Morgan fingerprint density at radius 1 is 1.44 bits per heavy atom. The molecule has 1 unspecified atom stereocenters. The lowest BCUT2D eigenvalue weighted by Gasteiger charge is -2.08. The minimum atomic E-state index is -0.564. The van der Waals surface area contributed by atoms with Crippen molar-refractivity contribution < 1.29 is 0 Å². The number of thioether (sulfide) groups is 1. The van der Waals surface area contributed by atoms with Gasteiger partial charge in [0.15, 0.2) is 8.11 Å². The fourth-order valence-corrected chi connectivity index (χ4v) is 5.44. The van der Waals surface area contributed by atoms with Crippen LogP contribution in [0.2, 0.25) is 6.04 Å². The van der Waals surface area contributed by atoms with Crippen molar-refractivity contribution in [2.45, 2.75) is 6.04 Å². The molecule has 0 amide bonds. The molecule has 56 valence electrons. The Morgan fingerprint density at radius 2 is 2.11 bits per heavy atom. The fourth-order valence-electron chi connectivity index (χ4n) is 0.605. The van der Waals surface area contributed by atoms with Gasteiger partial charge < -0.3 is 4.98 Å². The zero-order valence-electron chi connectivity index (χ0n) is 6.31. The fraction of sp³-hybridized carbons (Fsp3) is 1.00. The molecule has 0 aromatic rings. The quantitative estimate of drug-likeness (QED) is 0.639. The van der Waals surface area contributed by atoms with E-state index in [1.165, 1.54) is 11.8 Å². The SMILES string of the molecule is CN[SiH](CCSC)SC. The van der Waals surface area contributed by atoms with Crippen molar-refractivity contribution in [1.29, 1.82) is 0 Å². The Morgan fingerprint density at radius 3 is 2.44 bits per heavy atom. The van der Waals surface area contributed by atoms with E-state index in [1.54, 1.807) is 0 Å². The lowest BCUT2D eigenvalue weighted by molar-refractivity contribution is 1.20. The van der Waals surface area contributed by atoms with Crippen LogP contribution in [0.5, 0.6) is 0 Å². The van der Waals surface area contributed by atoms with E-state index in [4.69, 9.17) is 0 Å². The van der Waals surface area contributed by atoms with Gasteiger partial charge in [0.1, 0.15) is 0 Å². The van der Waals surface area contributed by atoms with Crippen molar-refractivity contribution in [3.05, 3.63) is 0 Å². The Kier molecular flexibility index (Phi) is 7.67. The van der Waals surface area contributed by atoms with Crippen LogP contribution in [0.15, 0.2) is 0 Å². The van der Waals surface area contributed by atoms with E-state index < -0.39 is 8.11 Å². The van der Waals surface area contributed by atoms with Crippen LogP contribution in [-0.4, -0.2) is 33.4 Å². The first-order valence-corrected chi connectivity index (χ1v) is 8.53. The van der Waals surface area contributed by atoms with Gasteiger partial charge in [0.2, 0.25) is 0 Å². The summed E-state index contributed by atoms with van der Waals surface area (Å²) in [4.78, 5) is 3.38. The van der Waals surface area contributed by atoms with Gasteiger partial charge >= 0.3 is 0 Å². The predicted molar refractivity (Wildman–Crippen MR) is 52.9 cm³/mol. The van der Waals surface area contributed by atoms with Crippen molar-refractivity contribution >= 4 is 31.1 Å². The van der Waals surface area contributed by atoms with E-state index in [1.807, 2.05) is 23.0 Å². The van der Waals surface area contributed by atoms with Crippen molar-refractivity contribution in [2.24, 2.45) is 0 Å². The number of hydrogen-bond acceptors (Lipinski definition) is 3. The summed E-state index contributed by atoms with van der Waals surface area (Å²) in [5.41, 5.74) is 0. The molecule has 1 atom stereocenters. The van der Waals surface area contributed by atoms with Crippen LogP contribution in [0, 0.1) is 0 Å². The molecule has 1 nitrogen and oxygen atoms in total. The maximum Gasteiger partial charge on any atom is 0.172 e. The highest BCUT2D eigenvalue weighted by atomic mass is 32.4. The Hall–Kier alpha value is 0.877. The molecule has 0 heterocycles. The molecule has 0 aliphatic carbocycles. The average Bonchev–Trinajstić information content (AvgIpc) is 1.91. The van der Waals surface area contributed by atoms with E-state index in [9.17, 15) is 0 Å². The van der Waals surface area contributed by atoms with Crippen LogP contribution in [0.3, 0.4) is 0 Å². The molecular formula is C5H15NS2Si. The van der Waals surface area contributed by atoms with Crippen molar-refractivity contribution in [3.63, 3.8) is 0 Å². The third-order valence-corrected chi connectivity index (χ3v) is 7.40. The standard InChI is InChI=1S/C5H15NS2Si/c1-6-9(8-3)5-4-7-2/h6,9H,4-5H2,1-3H3. The summed E-state index contributed by atoms with van der Waals surface area (Å²) in [5.74, 6) is 1.32. The maximum absolute atomic E-state index is 3.38. The van der Waals surface area contributed by atoms with E-state index in [-0.39, 0.29) is 0 Å². The first kappa shape index (κ1) is 9.88. The second-order valence-corrected chi connectivity index (χ2v) is 8.50. The van der Waals surface area contributed by atoms with Gasteiger partial charge in [0, 0.05) is 0 Å². The molecule has 0 saturated carbocycles. The summed E-state index contributed by atoms with van der Waals surface area (Å²) >= 11 is 3.97. The molecule has 0 aromatic carbocycles. The lowest BCUT2D eigenvalue weighted by atomic mass is 11.0. The first-order chi connectivity index (χ1) is 4.35. The van der Waals surface area contributed by atoms with Gasteiger partial charge in [0.25, 0.3) is 0 Å². The second-order valence-electron chi connectivity index (χ2n) is 1.79. The van der Waals surface area contributed by atoms with Gasteiger partial charge in [-0.2, -0.15) is 23.0 Å². The molecule has 4 heteroatoms. The van der Waals surface area contributed by atoms with Gasteiger partial charge in [-0.1, -0.05) is 0 Å². The molecule has 0 fully saturated rings. The molecular weight excluding hydrogens is 166 g/mol. The minimum absolute atomic E-state index is 0.564. The lowest BCUT2D eigenvalue weighted by Crippen LogP contribution is -2.26. The minimum Gasteiger partial charge on any atom is -0.334 e. The normalized spacial score (nSPS) is 13.7. The number of nitrogens with one attached hydrogen (secondary N) is 1. The summed E-state index contributed by atoms with van der Waals surface area (Å²) in [6.45, 7) is 0. The van der Waals surface area contributed by atoms with Crippen molar-refractivity contribution in [2.75, 3.05) is 25.3 Å². The van der Waals surface area contributed by atoms with Crippen LogP contribution >= 0.6 is 23.0 Å². The summed E-state index contributed by atoms with van der Waals surface area (Å²) in [6.07, 6.45) is 4.37. The smallest absolute Gasteiger partial charge is 0.172 e. The average molecular weight is 181 g/mol. The van der Waals surface area contributed by atoms with Gasteiger partial charge in [-0.25, -0.2) is 0 Å². The third kappa shape index (κ3) is 5.33. The zero-order valence-corrected chi connectivity index (χ0v) is 9.10. The summed E-state index contributed by atoms with van der Waals surface area (Å²) in [6, 6.07) is 1.40. The van der Waals surface area contributed by atoms with Crippen LogP contribution in [0.1, 0.15) is 0 Å². The van der Waals surface area contributed by atoms with E-state index >= 15 is 0 Å². The highest BCUT2D eigenvalue weighted by Gasteiger charge is 2.03. The number of rotatable bonds is 5. The second kappa shape index (κ2) is 6.99. The summed E-state index contributed by atoms with van der Waals surface area (Å²) in [7, 11) is 1.51. The van der Waals surface area contributed by atoms with Gasteiger partial charge in [-0.15, -0.1) is 0 Å². The number of hydrogen-bond donors (Lipinski definition) is 1. The van der Waals surface area contributed by atoms with Gasteiger partial charge in [-0.3, -0.25) is 0 Å². The van der Waals surface area contributed by atoms with Crippen molar-refractivity contribution in [3.8, 4) is 0 Å². The van der Waals surface area contributed by atoms with E-state index in [0.29, 0.717) is 0 Å². The first-order valence-electron chi connectivity index (χ1n) is 3.04. The van der Waals surface area contributed by atoms with Gasteiger partial charge in [0.05, 0.1) is 0 Å². The van der Waals surface area contributed by atoms with Crippen LogP contribution < -0.4 is 4.98 Å². The Labute approximate surface area is 67.7 Å². The molecule has 0 spiro atoms. The molecule has 9 heavy (non-hydrogen) atoms. The molecule has 0 rings (SSSR count). The van der Waals surface area contributed by atoms with Crippen LogP contribution in [0.25, 0.3) is 0 Å². The largest absolute Gasteiger partial charge is 0.334 e. The van der Waals surface area contributed by atoms with Crippen LogP contribution in [-0.2, 0) is 0 Å². The molecule has 0 bridgehead atoms.